The van der Waals surface area contributed by atoms with Crippen LogP contribution in [-0.2, 0) is 17.3 Å². The number of rotatable bonds is 3. The van der Waals surface area contributed by atoms with E-state index in [1.807, 2.05) is 0 Å². The molecule has 1 unspecified atom stereocenters. The molecule has 20 heavy (non-hydrogen) atoms. The smallest absolute Gasteiger partial charge is 0.123 e. The number of hydrogen-bond donors (Lipinski definition) is 2. The van der Waals surface area contributed by atoms with Gasteiger partial charge in [0.15, 0.2) is 0 Å². The minimum Gasteiger partial charge on any atom is -0.507 e. The molecule has 1 rings (SSSR count). The van der Waals surface area contributed by atoms with Crippen LogP contribution in [0.3, 0.4) is 0 Å². The summed E-state index contributed by atoms with van der Waals surface area (Å²) in [7, 11) is 0. The van der Waals surface area contributed by atoms with Crippen molar-refractivity contribution in [3.05, 3.63) is 28.8 Å². The molecule has 0 saturated carbocycles. The van der Waals surface area contributed by atoms with E-state index in [1.165, 1.54) is 5.56 Å². The van der Waals surface area contributed by atoms with E-state index >= 15 is 0 Å². The summed E-state index contributed by atoms with van der Waals surface area (Å²) in [6.07, 6.45) is 1.83. The Hall–Kier alpha value is -1.02. The van der Waals surface area contributed by atoms with Crippen molar-refractivity contribution in [3.8, 4) is 5.75 Å². The van der Waals surface area contributed by atoms with Crippen LogP contribution in [0.4, 0.5) is 0 Å². The molecule has 114 valence electrons. The Labute approximate surface area is 124 Å². The second kappa shape index (κ2) is 5.77. The molecule has 0 aliphatic heterocycles. The monoisotopic (exact) mass is 277 g/mol. The van der Waals surface area contributed by atoms with E-state index in [0.717, 1.165) is 24.0 Å². The molecule has 0 spiro atoms. The maximum Gasteiger partial charge on any atom is 0.123 e. The zero-order valence-electron chi connectivity index (χ0n) is 14.2. The maximum atomic E-state index is 10.6. The van der Waals surface area contributed by atoms with Gasteiger partial charge in [-0.25, -0.2) is 0 Å². The Morgan fingerprint density at radius 1 is 1.00 bits per heavy atom. The van der Waals surface area contributed by atoms with Gasteiger partial charge in [-0.1, -0.05) is 60.6 Å². The molecule has 0 heterocycles. The molecule has 2 heteroatoms. The fourth-order valence-corrected chi connectivity index (χ4v) is 2.40. The molecular formula is C18H31NO. The summed E-state index contributed by atoms with van der Waals surface area (Å²) in [5, 5.41) is 10.6. The van der Waals surface area contributed by atoms with E-state index < -0.39 is 0 Å². The van der Waals surface area contributed by atoms with Crippen molar-refractivity contribution >= 4 is 0 Å². The van der Waals surface area contributed by atoms with Crippen molar-refractivity contribution in [2.45, 2.75) is 78.2 Å². The van der Waals surface area contributed by atoms with Crippen LogP contribution in [0.5, 0.6) is 5.75 Å². The first kappa shape index (κ1) is 17.0. The molecule has 0 aliphatic rings. The first-order valence-electron chi connectivity index (χ1n) is 7.59. The fourth-order valence-electron chi connectivity index (χ4n) is 2.40. The summed E-state index contributed by atoms with van der Waals surface area (Å²) in [5.74, 6) is 0.443. The van der Waals surface area contributed by atoms with Crippen LogP contribution < -0.4 is 5.73 Å². The van der Waals surface area contributed by atoms with Gasteiger partial charge in [0.25, 0.3) is 0 Å². The lowest BCUT2D eigenvalue weighted by Crippen LogP contribution is -2.23. The summed E-state index contributed by atoms with van der Waals surface area (Å²) < 4.78 is 0. The van der Waals surface area contributed by atoms with Gasteiger partial charge in [-0.05, 0) is 40.4 Å². The van der Waals surface area contributed by atoms with E-state index in [4.69, 9.17) is 5.73 Å². The average molecular weight is 277 g/mol. The Bertz CT molecular complexity index is 428. The lowest BCUT2D eigenvalue weighted by atomic mass is 9.78. The third-order valence-electron chi connectivity index (χ3n) is 3.81. The number of phenols is 1. The highest BCUT2D eigenvalue weighted by Gasteiger charge is 2.26. The second-order valence-corrected chi connectivity index (χ2v) is 7.91. The summed E-state index contributed by atoms with van der Waals surface area (Å²) >= 11 is 0. The predicted molar refractivity (Wildman–Crippen MR) is 87.5 cm³/mol. The van der Waals surface area contributed by atoms with Gasteiger partial charge < -0.3 is 10.8 Å². The molecule has 2 nitrogen and oxygen atoms in total. The molecule has 1 atom stereocenters. The highest BCUT2D eigenvalue weighted by Crippen LogP contribution is 2.39. The molecule has 3 N–H and O–H groups in total. The van der Waals surface area contributed by atoms with Gasteiger partial charge in [-0.2, -0.15) is 0 Å². The highest BCUT2D eigenvalue weighted by molar-refractivity contribution is 5.50. The molecule has 0 saturated heterocycles. The molecular weight excluding hydrogens is 246 g/mol. The quantitative estimate of drug-likeness (QED) is 0.867. The molecule has 0 aromatic heterocycles. The first-order valence-corrected chi connectivity index (χ1v) is 7.59. The Balaban J connectivity index is 3.42. The number of benzene rings is 1. The molecule has 1 aromatic carbocycles. The van der Waals surface area contributed by atoms with Crippen LogP contribution in [0.15, 0.2) is 12.1 Å². The van der Waals surface area contributed by atoms with Crippen molar-refractivity contribution in [1.29, 1.82) is 0 Å². The van der Waals surface area contributed by atoms with Crippen LogP contribution >= 0.6 is 0 Å². The Morgan fingerprint density at radius 2 is 1.40 bits per heavy atom. The van der Waals surface area contributed by atoms with E-state index in [1.54, 1.807) is 0 Å². The molecule has 0 amide bonds. The molecule has 0 radical (unpaired) electrons. The number of aromatic hydroxyl groups is 1. The van der Waals surface area contributed by atoms with E-state index in [0.29, 0.717) is 5.75 Å². The third-order valence-corrected chi connectivity index (χ3v) is 3.81. The minimum absolute atomic E-state index is 0.0730. The van der Waals surface area contributed by atoms with E-state index in [9.17, 15) is 5.11 Å². The Morgan fingerprint density at radius 3 is 1.70 bits per heavy atom. The largest absolute Gasteiger partial charge is 0.507 e. The van der Waals surface area contributed by atoms with Crippen LogP contribution in [0.25, 0.3) is 0 Å². The van der Waals surface area contributed by atoms with E-state index in [2.05, 4.69) is 60.6 Å². The van der Waals surface area contributed by atoms with Crippen molar-refractivity contribution in [1.82, 2.24) is 0 Å². The molecule has 1 aromatic rings. The predicted octanol–water partition coefficient (Wildman–Crippen LogP) is 4.27. The number of phenolic OH excluding ortho intramolecular Hbond substituents is 1. The van der Waals surface area contributed by atoms with Crippen molar-refractivity contribution in [2.75, 3.05) is 0 Å². The highest BCUT2D eigenvalue weighted by atomic mass is 16.3. The third kappa shape index (κ3) is 3.99. The number of nitrogens with two attached hydrogens (primary N) is 1. The zero-order valence-corrected chi connectivity index (χ0v) is 14.2. The van der Waals surface area contributed by atoms with Gasteiger partial charge in [0, 0.05) is 6.04 Å². The van der Waals surface area contributed by atoms with Gasteiger partial charge in [0.05, 0.1) is 0 Å². The first-order chi connectivity index (χ1) is 8.96. The molecule has 0 aliphatic carbocycles. The summed E-state index contributed by atoms with van der Waals surface area (Å²) in [6, 6.07) is 4.43. The van der Waals surface area contributed by atoms with Gasteiger partial charge in [-0.3, -0.25) is 0 Å². The minimum atomic E-state index is -0.0730. The standard InChI is InChI=1S/C18H31NO/c1-8-13(19)9-12-10-14(17(2,3)4)16(20)15(11-12)18(5,6)7/h10-11,13,20H,8-9,19H2,1-7H3. The second-order valence-electron chi connectivity index (χ2n) is 7.91. The normalized spacial score (nSPS) is 14.4. The van der Waals surface area contributed by atoms with Crippen LogP contribution in [0.1, 0.15) is 71.6 Å². The van der Waals surface area contributed by atoms with Gasteiger partial charge >= 0.3 is 0 Å². The summed E-state index contributed by atoms with van der Waals surface area (Å²) in [6.45, 7) is 14.9. The van der Waals surface area contributed by atoms with Gasteiger partial charge in [0.1, 0.15) is 5.75 Å². The van der Waals surface area contributed by atoms with Crippen molar-refractivity contribution < 1.29 is 5.11 Å². The zero-order chi connectivity index (χ0) is 15.7. The van der Waals surface area contributed by atoms with Crippen molar-refractivity contribution in [2.24, 2.45) is 5.73 Å². The lowest BCUT2D eigenvalue weighted by molar-refractivity contribution is 0.422. The summed E-state index contributed by atoms with van der Waals surface area (Å²) in [4.78, 5) is 0. The van der Waals surface area contributed by atoms with Crippen molar-refractivity contribution in [3.63, 3.8) is 0 Å². The maximum absolute atomic E-state index is 10.6. The van der Waals surface area contributed by atoms with Crippen LogP contribution in [-0.4, -0.2) is 11.1 Å². The SMILES string of the molecule is CCC(N)Cc1cc(C(C)(C)C)c(O)c(C(C)(C)C)c1. The average Bonchev–Trinajstić information content (AvgIpc) is 2.28. The van der Waals surface area contributed by atoms with Gasteiger partial charge in [-0.15, -0.1) is 0 Å². The number of hydrogen-bond acceptors (Lipinski definition) is 2. The van der Waals surface area contributed by atoms with Crippen LogP contribution in [0, 0.1) is 0 Å². The van der Waals surface area contributed by atoms with Gasteiger partial charge in [0.2, 0.25) is 0 Å². The lowest BCUT2D eigenvalue weighted by Gasteiger charge is -2.28. The van der Waals surface area contributed by atoms with Crippen LogP contribution in [0.2, 0.25) is 0 Å². The Kier molecular flexibility index (Phi) is 4.91. The van der Waals surface area contributed by atoms with E-state index in [-0.39, 0.29) is 16.9 Å². The fraction of sp³-hybridized carbons (Fsp3) is 0.667. The molecule has 0 bridgehead atoms. The molecule has 0 fully saturated rings. The summed E-state index contributed by atoms with van der Waals surface area (Å²) in [5.41, 5.74) is 9.22. The topological polar surface area (TPSA) is 46.2 Å².